The Morgan fingerprint density at radius 2 is 1.78 bits per heavy atom. The number of pyridine rings is 1. The number of carbonyl (C=O) groups excluding carboxylic acids is 2. The first-order valence-corrected chi connectivity index (χ1v) is 11.6. The highest BCUT2D eigenvalue weighted by Crippen LogP contribution is 2.21. The van der Waals surface area contributed by atoms with Gasteiger partial charge in [-0.25, -0.2) is 0 Å². The first-order chi connectivity index (χ1) is 15.5. The van der Waals surface area contributed by atoms with Gasteiger partial charge < -0.3 is 9.47 Å². The van der Waals surface area contributed by atoms with Gasteiger partial charge in [0.05, 0.1) is 24.4 Å². The van der Waals surface area contributed by atoms with Gasteiger partial charge in [0.2, 0.25) is 0 Å². The summed E-state index contributed by atoms with van der Waals surface area (Å²) < 4.78 is 10.7. The van der Waals surface area contributed by atoms with Gasteiger partial charge in [-0.3, -0.25) is 14.6 Å². The largest absolute Gasteiger partial charge is 0.463 e. The van der Waals surface area contributed by atoms with E-state index in [2.05, 4.69) is 24.0 Å². The highest BCUT2D eigenvalue weighted by Gasteiger charge is 2.08. The maximum Gasteiger partial charge on any atom is 0.315 e. The van der Waals surface area contributed by atoms with Crippen LogP contribution in [0.2, 0.25) is 0 Å². The summed E-state index contributed by atoms with van der Waals surface area (Å²) in [6, 6.07) is 11.8. The number of esters is 2. The van der Waals surface area contributed by atoms with Crippen molar-refractivity contribution in [2.75, 3.05) is 0 Å². The number of hydrogen-bond acceptors (Lipinski definition) is 5. The summed E-state index contributed by atoms with van der Waals surface area (Å²) in [6.45, 7) is 5.89. The van der Waals surface area contributed by atoms with Gasteiger partial charge in [0.15, 0.2) is 0 Å². The molecule has 0 amide bonds. The van der Waals surface area contributed by atoms with Crippen molar-refractivity contribution in [2.24, 2.45) is 0 Å². The van der Waals surface area contributed by atoms with E-state index < -0.39 is 0 Å². The second kappa shape index (κ2) is 14.2. The monoisotopic (exact) mass is 437 g/mol. The average molecular weight is 438 g/mol. The third-order valence-electron chi connectivity index (χ3n) is 5.10. The molecule has 5 heteroatoms. The minimum absolute atomic E-state index is 0.0874. The van der Waals surface area contributed by atoms with E-state index in [1.807, 2.05) is 37.3 Å². The van der Waals surface area contributed by atoms with Gasteiger partial charge in [-0.15, -0.1) is 0 Å². The second-order valence-corrected chi connectivity index (χ2v) is 7.91. The predicted molar refractivity (Wildman–Crippen MR) is 127 cm³/mol. The van der Waals surface area contributed by atoms with E-state index in [9.17, 15) is 9.59 Å². The molecule has 2 aromatic rings. The van der Waals surface area contributed by atoms with Crippen LogP contribution in [-0.4, -0.2) is 23.0 Å². The maximum absolute atomic E-state index is 12.0. The molecule has 0 radical (unpaired) electrons. The molecule has 0 saturated carbocycles. The van der Waals surface area contributed by atoms with E-state index in [4.69, 9.17) is 9.47 Å². The summed E-state index contributed by atoms with van der Waals surface area (Å²) >= 11 is 0. The molecule has 5 nitrogen and oxygen atoms in total. The van der Waals surface area contributed by atoms with Gasteiger partial charge in [-0.1, -0.05) is 63.1 Å². The molecule has 1 aromatic carbocycles. The quantitative estimate of drug-likeness (QED) is 0.204. The van der Waals surface area contributed by atoms with Gasteiger partial charge in [0.1, 0.15) is 5.75 Å². The van der Waals surface area contributed by atoms with Crippen molar-refractivity contribution in [1.29, 1.82) is 0 Å². The van der Waals surface area contributed by atoms with Crippen LogP contribution in [0.1, 0.15) is 71.3 Å². The minimum atomic E-state index is -0.283. The molecule has 1 atom stereocenters. The molecule has 0 spiro atoms. The standard InChI is InChI=1S/C27H35NO4/c1-4-6-7-8-9-10-11-27(30)32-24-18-19-25(28-20-24)23-16-14-22(15-17-23)13-12-21(3)31-26(29)5-2/h9-10,14-21H,4-8,11-13H2,1-3H3. The zero-order chi connectivity index (χ0) is 23.2. The summed E-state index contributed by atoms with van der Waals surface area (Å²) in [5.74, 6) is 0.00628. The molecule has 172 valence electrons. The molecule has 0 aliphatic rings. The van der Waals surface area contributed by atoms with Crippen LogP contribution < -0.4 is 4.74 Å². The molecule has 1 heterocycles. The zero-order valence-corrected chi connectivity index (χ0v) is 19.5. The number of rotatable bonds is 13. The van der Waals surface area contributed by atoms with E-state index in [0.29, 0.717) is 12.2 Å². The molecule has 0 saturated heterocycles. The van der Waals surface area contributed by atoms with E-state index in [1.54, 1.807) is 19.2 Å². The summed E-state index contributed by atoms with van der Waals surface area (Å²) in [4.78, 5) is 27.7. The number of allylic oxidation sites excluding steroid dienone is 1. The summed E-state index contributed by atoms with van der Waals surface area (Å²) in [6.07, 6.45) is 12.3. The average Bonchev–Trinajstić information content (AvgIpc) is 2.81. The SMILES string of the molecule is CCCCCC=CCC(=O)Oc1ccc(-c2ccc(CCC(C)OC(=O)CC)cc2)nc1. The molecule has 1 aromatic heterocycles. The molecule has 2 rings (SSSR count). The van der Waals surface area contributed by atoms with Crippen molar-refractivity contribution in [2.45, 2.75) is 78.2 Å². The Morgan fingerprint density at radius 1 is 1.00 bits per heavy atom. The molecule has 32 heavy (non-hydrogen) atoms. The van der Waals surface area contributed by atoms with Crippen LogP contribution in [0.5, 0.6) is 5.75 Å². The Labute approximate surface area is 191 Å². The molecular formula is C27H35NO4. The van der Waals surface area contributed by atoms with Crippen LogP contribution in [0.25, 0.3) is 11.3 Å². The summed E-state index contributed by atoms with van der Waals surface area (Å²) in [5.41, 5.74) is 2.99. The Hall–Kier alpha value is -2.95. The molecule has 0 aliphatic heterocycles. The second-order valence-electron chi connectivity index (χ2n) is 7.91. The van der Waals surface area contributed by atoms with Gasteiger partial charge in [-0.2, -0.15) is 0 Å². The zero-order valence-electron chi connectivity index (χ0n) is 19.5. The van der Waals surface area contributed by atoms with Gasteiger partial charge in [-0.05, 0) is 50.3 Å². The van der Waals surface area contributed by atoms with E-state index in [0.717, 1.165) is 36.9 Å². The van der Waals surface area contributed by atoms with Crippen molar-refractivity contribution in [1.82, 2.24) is 4.98 Å². The van der Waals surface area contributed by atoms with Crippen molar-refractivity contribution in [3.8, 4) is 17.0 Å². The first kappa shape index (κ1) is 25.3. The fraction of sp³-hybridized carbons (Fsp3) is 0.444. The number of benzene rings is 1. The molecule has 0 aliphatic carbocycles. The van der Waals surface area contributed by atoms with Crippen LogP contribution in [0, 0.1) is 0 Å². The van der Waals surface area contributed by atoms with Crippen LogP contribution in [-0.2, 0) is 20.7 Å². The number of nitrogens with zero attached hydrogens (tertiary/aromatic N) is 1. The lowest BCUT2D eigenvalue weighted by atomic mass is 10.0. The van der Waals surface area contributed by atoms with Gasteiger partial charge in [0.25, 0.3) is 0 Å². The van der Waals surface area contributed by atoms with Crippen LogP contribution in [0.15, 0.2) is 54.7 Å². The lowest BCUT2D eigenvalue weighted by molar-refractivity contribution is -0.148. The van der Waals surface area contributed by atoms with Crippen LogP contribution >= 0.6 is 0 Å². The third kappa shape index (κ3) is 9.46. The maximum atomic E-state index is 12.0. The van der Waals surface area contributed by atoms with E-state index in [1.165, 1.54) is 18.4 Å². The Morgan fingerprint density at radius 3 is 2.44 bits per heavy atom. The fourth-order valence-electron chi connectivity index (χ4n) is 3.17. The van der Waals surface area contributed by atoms with E-state index in [-0.39, 0.29) is 24.5 Å². The number of aryl methyl sites for hydroxylation is 1. The topological polar surface area (TPSA) is 65.5 Å². The number of carbonyl (C=O) groups is 2. The van der Waals surface area contributed by atoms with Crippen LogP contribution in [0.4, 0.5) is 0 Å². The normalized spacial score (nSPS) is 12.0. The van der Waals surface area contributed by atoms with Crippen molar-refractivity contribution >= 4 is 11.9 Å². The number of hydrogen-bond donors (Lipinski definition) is 0. The summed E-state index contributed by atoms with van der Waals surface area (Å²) in [7, 11) is 0. The molecule has 0 N–H and O–H groups in total. The molecule has 0 bridgehead atoms. The molecular weight excluding hydrogens is 402 g/mol. The van der Waals surface area contributed by atoms with Crippen molar-refractivity contribution in [3.63, 3.8) is 0 Å². The Balaban J connectivity index is 1.80. The third-order valence-corrected chi connectivity index (χ3v) is 5.10. The van der Waals surface area contributed by atoms with Crippen molar-refractivity contribution < 1.29 is 19.1 Å². The highest BCUT2D eigenvalue weighted by atomic mass is 16.5. The minimum Gasteiger partial charge on any atom is -0.463 e. The molecule has 1 unspecified atom stereocenters. The summed E-state index contributed by atoms with van der Waals surface area (Å²) in [5, 5.41) is 0. The smallest absolute Gasteiger partial charge is 0.315 e. The van der Waals surface area contributed by atoms with Crippen LogP contribution in [0.3, 0.4) is 0 Å². The van der Waals surface area contributed by atoms with Crippen molar-refractivity contribution in [3.05, 3.63) is 60.3 Å². The first-order valence-electron chi connectivity index (χ1n) is 11.6. The predicted octanol–water partition coefficient (Wildman–Crippen LogP) is 6.45. The van der Waals surface area contributed by atoms with Gasteiger partial charge in [0, 0.05) is 12.0 Å². The number of aromatic nitrogens is 1. The number of unbranched alkanes of at least 4 members (excludes halogenated alkanes) is 3. The number of ether oxygens (including phenoxy) is 2. The Bertz CT molecular complexity index is 856. The Kier molecular flexibility index (Phi) is 11.2. The van der Waals surface area contributed by atoms with E-state index >= 15 is 0 Å². The lowest BCUT2D eigenvalue weighted by Gasteiger charge is -2.12. The molecule has 0 fully saturated rings. The highest BCUT2D eigenvalue weighted by molar-refractivity contribution is 5.74. The fourth-order valence-corrected chi connectivity index (χ4v) is 3.17. The lowest BCUT2D eigenvalue weighted by Crippen LogP contribution is -2.14. The van der Waals surface area contributed by atoms with Gasteiger partial charge >= 0.3 is 11.9 Å².